The predicted molar refractivity (Wildman–Crippen MR) is 64.5 cm³/mol. The number of aromatic amines is 1. The number of nitrogens with zero attached hydrogens (tertiary/aromatic N) is 2. The van der Waals surface area contributed by atoms with Crippen molar-refractivity contribution in [2.75, 3.05) is 0 Å². The van der Waals surface area contributed by atoms with Gasteiger partial charge in [0.15, 0.2) is 0 Å². The predicted octanol–water partition coefficient (Wildman–Crippen LogP) is 1.15. The molecule has 6 heteroatoms. The lowest BCUT2D eigenvalue weighted by atomic mass is 10.1. The summed E-state index contributed by atoms with van der Waals surface area (Å²) in [5.74, 6) is -1.28. The minimum absolute atomic E-state index is 0.327. The summed E-state index contributed by atoms with van der Waals surface area (Å²) in [4.78, 5) is 26.4. The summed E-state index contributed by atoms with van der Waals surface area (Å²) < 4.78 is 0. The summed E-state index contributed by atoms with van der Waals surface area (Å²) in [6, 6.07) is 4.81. The Morgan fingerprint density at radius 1 is 1.22 bits per heavy atom. The molecule has 0 spiro atoms. The molecule has 2 N–H and O–H groups in total. The Kier molecular flexibility index (Phi) is 2.93. The van der Waals surface area contributed by atoms with Crippen LogP contribution in [0.2, 0.25) is 0 Å². The summed E-state index contributed by atoms with van der Waals surface area (Å²) >= 11 is 0. The van der Waals surface area contributed by atoms with Crippen LogP contribution in [0.1, 0.15) is 21.7 Å². The number of carbonyl (C=O) groups is 1. The van der Waals surface area contributed by atoms with Crippen molar-refractivity contribution in [3.05, 3.63) is 45.5 Å². The topological polar surface area (TPSA) is 95.9 Å². The fourth-order valence-electron chi connectivity index (χ4n) is 1.69. The maximum atomic E-state index is 11.3. The molecule has 0 fully saturated rings. The van der Waals surface area contributed by atoms with Crippen molar-refractivity contribution < 1.29 is 9.90 Å². The van der Waals surface area contributed by atoms with E-state index in [1.165, 1.54) is 6.07 Å². The van der Waals surface area contributed by atoms with E-state index in [1.54, 1.807) is 12.1 Å². The molecule has 0 aliphatic carbocycles. The number of nitrogens with one attached hydrogen (secondary N) is 1. The Morgan fingerprint density at radius 2 is 1.83 bits per heavy atom. The molecule has 2 aromatic heterocycles. The second-order valence-corrected chi connectivity index (χ2v) is 3.94. The Balaban J connectivity index is 2.61. The Hall–Kier alpha value is -2.50. The average Bonchev–Trinajstić information content (AvgIpc) is 2.27. The Morgan fingerprint density at radius 3 is 2.39 bits per heavy atom. The first-order valence-electron chi connectivity index (χ1n) is 5.26. The van der Waals surface area contributed by atoms with Gasteiger partial charge in [0.25, 0.3) is 5.56 Å². The van der Waals surface area contributed by atoms with Crippen LogP contribution in [0.4, 0.5) is 0 Å². The highest BCUT2D eigenvalue weighted by atomic mass is 16.4. The maximum absolute atomic E-state index is 11.3. The zero-order valence-corrected chi connectivity index (χ0v) is 9.89. The second-order valence-electron chi connectivity index (χ2n) is 3.94. The molecule has 0 aliphatic rings. The van der Waals surface area contributed by atoms with Gasteiger partial charge in [0.05, 0.1) is 5.69 Å². The normalized spacial score (nSPS) is 10.3. The van der Waals surface area contributed by atoms with Gasteiger partial charge in [-0.05, 0) is 32.0 Å². The molecular weight excluding hydrogens is 234 g/mol. The van der Waals surface area contributed by atoms with Crippen molar-refractivity contribution >= 4 is 5.97 Å². The van der Waals surface area contributed by atoms with Gasteiger partial charge in [0.1, 0.15) is 5.56 Å². The molecular formula is C12H11N3O3. The van der Waals surface area contributed by atoms with Crippen molar-refractivity contribution in [2.45, 2.75) is 13.8 Å². The van der Waals surface area contributed by atoms with E-state index in [9.17, 15) is 9.59 Å². The van der Waals surface area contributed by atoms with Crippen molar-refractivity contribution in [1.29, 1.82) is 0 Å². The monoisotopic (exact) mass is 245 g/mol. The molecule has 0 radical (unpaired) electrons. The number of aryl methyl sites for hydroxylation is 2. The van der Waals surface area contributed by atoms with Gasteiger partial charge in [-0.1, -0.05) is 0 Å². The molecule has 0 atom stereocenters. The van der Waals surface area contributed by atoms with E-state index in [1.807, 2.05) is 13.8 Å². The number of aromatic nitrogens is 3. The zero-order valence-electron chi connectivity index (χ0n) is 9.89. The highest BCUT2D eigenvalue weighted by molar-refractivity contribution is 5.88. The molecule has 2 aromatic rings. The van der Waals surface area contributed by atoms with E-state index in [0.29, 0.717) is 5.69 Å². The molecule has 92 valence electrons. The second kappa shape index (κ2) is 4.40. The summed E-state index contributed by atoms with van der Waals surface area (Å²) in [5, 5.41) is 14.9. The standard InChI is InChI=1S/C12H11N3O3/c1-6-3-8(4-7(2)13-6)10-5-9(12(17)18)11(16)15-14-10/h3-5H,1-2H3,(H,15,16)(H,17,18). The van der Waals surface area contributed by atoms with Gasteiger partial charge in [-0.25, -0.2) is 9.89 Å². The van der Waals surface area contributed by atoms with E-state index in [2.05, 4.69) is 15.2 Å². The molecule has 0 saturated carbocycles. The van der Waals surface area contributed by atoms with E-state index >= 15 is 0 Å². The summed E-state index contributed by atoms with van der Waals surface area (Å²) in [5.41, 5.74) is 1.69. The number of carboxylic acids is 1. The zero-order chi connectivity index (χ0) is 13.3. The number of H-pyrrole nitrogens is 1. The molecule has 18 heavy (non-hydrogen) atoms. The molecule has 0 unspecified atom stereocenters. The van der Waals surface area contributed by atoms with Gasteiger partial charge in [-0.3, -0.25) is 9.78 Å². The van der Waals surface area contributed by atoms with Crippen LogP contribution in [0, 0.1) is 13.8 Å². The lowest BCUT2D eigenvalue weighted by Crippen LogP contribution is -2.18. The number of hydrogen-bond donors (Lipinski definition) is 2. The van der Waals surface area contributed by atoms with Gasteiger partial charge in [-0.15, -0.1) is 0 Å². The first-order chi connectivity index (χ1) is 8.47. The number of carboxylic acid groups (broad SMARTS) is 1. The van der Waals surface area contributed by atoms with Crippen LogP contribution >= 0.6 is 0 Å². The Bertz CT molecular complexity index is 656. The van der Waals surface area contributed by atoms with Crippen LogP contribution in [-0.4, -0.2) is 26.3 Å². The molecule has 2 rings (SSSR count). The lowest BCUT2D eigenvalue weighted by molar-refractivity contribution is 0.0694. The van der Waals surface area contributed by atoms with Gasteiger partial charge in [-0.2, -0.15) is 5.10 Å². The first-order valence-corrected chi connectivity index (χ1v) is 5.26. The van der Waals surface area contributed by atoms with E-state index in [-0.39, 0.29) is 5.56 Å². The molecule has 0 bridgehead atoms. The van der Waals surface area contributed by atoms with Crippen LogP contribution in [0.5, 0.6) is 0 Å². The highest BCUT2D eigenvalue weighted by Gasteiger charge is 2.12. The molecule has 0 aromatic carbocycles. The third kappa shape index (κ3) is 2.27. The van der Waals surface area contributed by atoms with Gasteiger partial charge < -0.3 is 5.11 Å². The fraction of sp³-hybridized carbons (Fsp3) is 0.167. The molecule has 6 nitrogen and oxygen atoms in total. The van der Waals surface area contributed by atoms with Crippen LogP contribution in [0.15, 0.2) is 23.0 Å². The minimum atomic E-state index is -1.28. The van der Waals surface area contributed by atoms with Crippen LogP contribution in [-0.2, 0) is 0 Å². The van der Waals surface area contributed by atoms with E-state index < -0.39 is 11.5 Å². The van der Waals surface area contributed by atoms with Crippen LogP contribution in [0.3, 0.4) is 0 Å². The van der Waals surface area contributed by atoms with E-state index in [4.69, 9.17) is 5.11 Å². The fourth-order valence-corrected chi connectivity index (χ4v) is 1.69. The van der Waals surface area contributed by atoms with Crippen molar-refractivity contribution in [3.8, 4) is 11.3 Å². The lowest BCUT2D eigenvalue weighted by Gasteiger charge is -2.04. The quantitative estimate of drug-likeness (QED) is 0.827. The number of aromatic carboxylic acids is 1. The highest BCUT2D eigenvalue weighted by Crippen LogP contribution is 2.17. The SMILES string of the molecule is Cc1cc(-c2cc(C(=O)O)c(=O)[nH]n2)cc(C)n1. The molecule has 2 heterocycles. The van der Waals surface area contributed by atoms with Gasteiger partial charge in [0, 0.05) is 17.0 Å². The first kappa shape index (κ1) is 12.0. The van der Waals surface area contributed by atoms with E-state index in [0.717, 1.165) is 17.0 Å². The van der Waals surface area contributed by atoms with Crippen molar-refractivity contribution in [1.82, 2.24) is 15.2 Å². The molecule has 0 saturated heterocycles. The number of hydrogen-bond acceptors (Lipinski definition) is 4. The smallest absolute Gasteiger partial charge is 0.341 e. The Labute approximate surface area is 102 Å². The maximum Gasteiger partial charge on any atom is 0.341 e. The summed E-state index contributed by atoms with van der Waals surface area (Å²) in [6.45, 7) is 3.67. The third-order valence-corrected chi connectivity index (χ3v) is 2.41. The van der Waals surface area contributed by atoms with Gasteiger partial charge in [0.2, 0.25) is 0 Å². The largest absolute Gasteiger partial charge is 0.477 e. The molecule has 0 amide bonds. The summed E-state index contributed by atoms with van der Waals surface area (Å²) in [7, 11) is 0. The van der Waals surface area contributed by atoms with Gasteiger partial charge >= 0.3 is 5.97 Å². The van der Waals surface area contributed by atoms with Crippen molar-refractivity contribution in [3.63, 3.8) is 0 Å². The van der Waals surface area contributed by atoms with Crippen molar-refractivity contribution in [2.24, 2.45) is 0 Å². The van der Waals surface area contributed by atoms with Crippen LogP contribution < -0.4 is 5.56 Å². The minimum Gasteiger partial charge on any atom is -0.477 e. The number of pyridine rings is 1. The van der Waals surface area contributed by atoms with Crippen LogP contribution in [0.25, 0.3) is 11.3 Å². The number of rotatable bonds is 2. The summed E-state index contributed by atoms with van der Waals surface area (Å²) in [6.07, 6.45) is 0. The third-order valence-electron chi connectivity index (χ3n) is 2.41. The average molecular weight is 245 g/mol. The molecule has 0 aliphatic heterocycles.